The lowest BCUT2D eigenvalue weighted by Gasteiger charge is -2.00. The van der Waals surface area contributed by atoms with Gasteiger partial charge in [0.25, 0.3) is 0 Å². The Bertz CT molecular complexity index is 362. The van der Waals surface area contributed by atoms with Crippen molar-refractivity contribution in [1.29, 1.82) is 0 Å². The van der Waals surface area contributed by atoms with Crippen LogP contribution >= 0.6 is 11.6 Å². The van der Waals surface area contributed by atoms with Crippen LogP contribution in [0, 0.1) is 5.21 Å². The number of pyridine rings is 1. The maximum atomic E-state index is 11.0. The summed E-state index contributed by atoms with van der Waals surface area (Å²) >= 11 is 5.76. The predicted molar refractivity (Wildman–Crippen MR) is 40.1 cm³/mol. The van der Waals surface area contributed by atoms with Gasteiger partial charge in [-0.2, -0.15) is 0 Å². The Morgan fingerprint density at radius 1 is 1.64 bits per heavy atom. The second-order valence-corrected chi connectivity index (χ2v) is 2.53. The Kier molecular flexibility index (Phi) is 1.22. The van der Waals surface area contributed by atoms with E-state index in [1.165, 1.54) is 18.5 Å². The zero-order valence-corrected chi connectivity index (χ0v) is 6.17. The number of aromatic amines is 1. The molecule has 0 bridgehead atoms. The maximum Gasteiger partial charge on any atom is 0.313 e. The Morgan fingerprint density at radius 2 is 2.45 bits per heavy atom. The second kappa shape index (κ2) is 2.10. The van der Waals surface area contributed by atoms with Crippen molar-refractivity contribution in [2.24, 2.45) is 0 Å². The van der Waals surface area contributed by atoms with Gasteiger partial charge >= 0.3 is 5.65 Å². The van der Waals surface area contributed by atoms with E-state index >= 15 is 0 Å². The largest absolute Gasteiger partial charge is 0.711 e. The lowest BCUT2D eigenvalue weighted by molar-refractivity contribution is -0.579. The summed E-state index contributed by atoms with van der Waals surface area (Å²) in [5.74, 6) is 0. The van der Waals surface area contributed by atoms with E-state index in [4.69, 9.17) is 11.6 Å². The summed E-state index contributed by atoms with van der Waals surface area (Å²) in [5, 5.41) is 18.4. The lowest BCUT2D eigenvalue weighted by atomic mass is 10.4. The fourth-order valence-electron chi connectivity index (χ4n) is 0.920. The molecule has 1 N–H and O–H groups in total. The van der Waals surface area contributed by atoms with Crippen LogP contribution in [0.25, 0.3) is 11.0 Å². The van der Waals surface area contributed by atoms with Gasteiger partial charge in [0, 0.05) is 0 Å². The van der Waals surface area contributed by atoms with Crippen molar-refractivity contribution >= 4 is 22.6 Å². The molecular weight excluding hydrogens is 166 g/mol. The summed E-state index contributed by atoms with van der Waals surface area (Å²) in [5.41, 5.74) is 0.387. The van der Waals surface area contributed by atoms with Crippen LogP contribution < -0.4 is 4.73 Å². The van der Waals surface area contributed by atoms with Crippen molar-refractivity contribution in [2.45, 2.75) is 0 Å². The number of aromatic nitrogens is 3. The van der Waals surface area contributed by atoms with E-state index in [0.29, 0.717) is 20.8 Å². The highest BCUT2D eigenvalue weighted by molar-refractivity contribution is 6.34. The summed E-state index contributed by atoms with van der Waals surface area (Å²) < 4.78 is 0.689. The third kappa shape index (κ3) is 0.832. The summed E-state index contributed by atoms with van der Waals surface area (Å²) in [6.45, 7) is 0. The molecule has 0 unspecified atom stereocenters. The second-order valence-electron chi connectivity index (χ2n) is 2.12. The Hall–Kier alpha value is -1.29. The number of nitrogens with zero attached hydrogens (tertiary/aromatic N) is 2. The molecule has 2 heterocycles. The van der Waals surface area contributed by atoms with Crippen LogP contribution in [0.4, 0.5) is 0 Å². The van der Waals surface area contributed by atoms with E-state index in [1.807, 2.05) is 0 Å². The fraction of sp³-hybridized carbons (Fsp3) is 0. The van der Waals surface area contributed by atoms with Gasteiger partial charge in [0.15, 0.2) is 0 Å². The van der Waals surface area contributed by atoms with Crippen molar-refractivity contribution in [1.82, 2.24) is 10.2 Å². The molecule has 11 heavy (non-hydrogen) atoms. The topological polar surface area (TPSA) is 55.6 Å². The van der Waals surface area contributed by atoms with Crippen molar-refractivity contribution in [3.8, 4) is 0 Å². The molecule has 0 saturated carbocycles. The summed E-state index contributed by atoms with van der Waals surface area (Å²) in [7, 11) is 0. The first-order valence-corrected chi connectivity index (χ1v) is 3.37. The molecule has 0 aliphatic carbocycles. The van der Waals surface area contributed by atoms with Gasteiger partial charge in [0.05, 0.1) is 17.4 Å². The van der Waals surface area contributed by atoms with Crippen LogP contribution in [0.3, 0.4) is 0 Å². The average Bonchev–Trinajstić information content (AvgIpc) is 2.45. The SMILES string of the molecule is [O-][n+]1ccc(Cl)c2cn[nH]c21. The third-order valence-electron chi connectivity index (χ3n) is 1.45. The van der Waals surface area contributed by atoms with E-state index in [9.17, 15) is 5.21 Å². The van der Waals surface area contributed by atoms with Gasteiger partial charge < -0.3 is 5.21 Å². The van der Waals surface area contributed by atoms with Crippen molar-refractivity contribution in [3.05, 3.63) is 28.7 Å². The van der Waals surface area contributed by atoms with E-state index < -0.39 is 0 Å². The van der Waals surface area contributed by atoms with Crippen LogP contribution in [0.2, 0.25) is 5.02 Å². The molecule has 4 nitrogen and oxygen atoms in total. The molecule has 0 aromatic carbocycles. The molecule has 0 atom stereocenters. The molecule has 0 aliphatic heterocycles. The lowest BCUT2D eigenvalue weighted by Crippen LogP contribution is -2.26. The molecule has 0 aliphatic rings. The van der Waals surface area contributed by atoms with E-state index in [-0.39, 0.29) is 0 Å². The normalized spacial score (nSPS) is 10.6. The Morgan fingerprint density at radius 3 is 3.18 bits per heavy atom. The first kappa shape index (κ1) is 6.42. The minimum Gasteiger partial charge on any atom is -0.711 e. The minimum absolute atomic E-state index is 0.387. The fourth-order valence-corrected chi connectivity index (χ4v) is 1.11. The van der Waals surface area contributed by atoms with Crippen LogP contribution in [-0.2, 0) is 0 Å². The zero-order chi connectivity index (χ0) is 7.84. The highest BCUT2D eigenvalue weighted by Crippen LogP contribution is 2.16. The van der Waals surface area contributed by atoms with Gasteiger partial charge in [-0.05, 0) is 6.07 Å². The highest BCUT2D eigenvalue weighted by atomic mass is 35.5. The maximum absolute atomic E-state index is 11.0. The third-order valence-corrected chi connectivity index (χ3v) is 1.78. The summed E-state index contributed by atoms with van der Waals surface area (Å²) in [6, 6.07) is 1.53. The molecule has 56 valence electrons. The Balaban J connectivity index is 2.96. The molecule has 2 aromatic rings. The molecule has 5 heteroatoms. The predicted octanol–water partition coefficient (Wildman–Crippen LogP) is 0.850. The molecule has 2 aromatic heterocycles. The van der Waals surface area contributed by atoms with Crippen molar-refractivity contribution in [3.63, 3.8) is 0 Å². The number of rotatable bonds is 0. The molecule has 2 rings (SSSR count). The smallest absolute Gasteiger partial charge is 0.313 e. The van der Waals surface area contributed by atoms with Crippen LogP contribution in [0.15, 0.2) is 18.5 Å². The standard InChI is InChI=1S/C6H4ClN3O/c7-5-1-2-10(11)6-4(5)3-8-9-6/h1-3H,(H,8,9). The monoisotopic (exact) mass is 169 g/mol. The van der Waals surface area contributed by atoms with E-state index in [0.717, 1.165) is 0 Å². The summed E-state index contributed by atoms with van der Waals surface area (Å²) in [6.07, 6.45) is 2.86. The molecule has 0 fully saturated rings. The van der Waals surface area contributed by atoms with Gasteiger partial charge in [-0.25, -0.2) is 4.73 Å². The zero-order valence-electron chi connectivity index (χ0n) is 5.41. The number of hydrogen-bond donors (Lipinski definition) is 1. The quantitative estimate of drug-likeness (QED) is 0.470. The van der Waals surface area contributed by atoms with Gasteiger partial charge in [-0.15, -0.1) is 5.10 Å². The van der Waals surface area contributed by atoms with E-state index in [1.54, 1.807) is 0 Å². The molecule has 0 saturated heterocycles. The number of hydrogen-bond acceptors (Lipinski definition) is 2. The van der Waals surface area contributed by atoms with Gasteiger partial charge in [-0.1, -0.05) is 16.7 Å². The van der Waals surface area contributed by atoms with Crippen molar-refractivity contribution < 1.29 is 4.73 Å². The first-order valence-electron chi connectivity index (χ1n) is 3.00. The highest BCUT2D eigenvalue weighted by Gasteiger charge is 2.07. The number of H-pyrrole nitrogens is 1. The van der Waals surface area contributed by atoms with Crippen LogP contribution in [0.1, 0.15) is 0 Å². The average molecular weight is 170 g/mol. The first-order chi connectivity index (χ1) is 5.29. The van der Waals surface area contributed by atoms with Crippen LogP contribution in [-0.4, -0.2) is 10.2 Å². The summed E-state index contributed by atoms with van der Waals surface area (Å²) in [4.78, 5) is 0. The molecule has 0 spiro atoms. The Labute approximate surface area is 67.0 Å². The molecular formula is C6H4ClN3O. The number of fused-ring (bicyclic) bond motifs is 1. The van der Waals surface area contributed by atoms with E-state index in [2.05, 4.69) is 10.2 Å². The van der Waals surface area contributed by atoms with Gasteiger partial charge in [-0.3, -0.25) is 0 Å². The molecule has 0 amide bonds. The van der Waals surface area contributed by atoms with Crippen molar-refractivity contribution in [2.75, 3.05) is 0 Å². The molecule has 0 radical (unpaired) electrons. The van der Waals surface area contributed by atoms with Gasteiger partial charge in [0.2, 0.25) is 0 Å². The van der Waals surface area contributed by atoms with Crippen LogP contribution in [0.5, 0.6) is 0 Å². The minimum atomic E-state index is 0.387. The van der Waals surface area contributed by atoms with Gasteiger partial charge in [0.1, 0.15) is 5.39 Å². The number of nitrogens with one attached hydrogen (secondary N) is 1. The number of halogens is 1.